The molecule has 0 heterocycles. The maximum absolute atomic E-state index is 5.78. The van der Waals surface area contributed by atoms with Crippen molar-refractivity contribution in [2.45, 2.75) is 45.1 Å². The van der Waals surface area contributed by atoms with Gasteiger partial charge in [0.2, 0.25) is 0 Å². The van der Waals surface area contributed by atoms with Crippen molar-refractivity contribution in [3.8, 4) is 5.75 Å². The van der Waals surface area contributed by atoms with Crippen molar-refractivity contribution in [1.29, 1.82) is 0 Å². The standard InChI is InChI=1S/C17H27N3O/c1-14-8-6-7-11-16(14)21-13-12-19-17(18-2)20-15-9-4-3-5-10-15/h6-8,11,15H,3-5,9-10,12-13H2,1-2H3,(H2,18,19,20). The quantitative estimate of drug-likeness (QED) is 0.498. The fourth-order valence-corrected chi connectivity index (χ4v) is 2.68. The molecule has 0 spiro atoms. The van der Waals surface area contributed by atoms with Crippen LogP contribution in [0.25, 0.3) is 0 Å². The first-order valence-electron chi connectivity index (χ1n) is 7.95. The molecule has 1 aliphatic carbocycles. The summed E-state index contributed by atoms with van der Waals surface area (Å²) >= 11 is 0. The molecule has 1 fully saturated rings. The van der Waals surface area contributed by atoms with Crippen LogP contribution in [0.5, 0.6) is 5.75 Å². The van der Waals surface area contributed by atoms with Crippen molar-refractivity contribution in [1.82, 2.24) is 10.6 Å². The highest BCUT2D eigenvalue weighted by Crippen LogP contribution is 2.17. The molecule has 0 amide bonds. The van der Waals surface area contributed by atoms with E-state index >= 15 is 0 Å². The highest BCUT2D eigenvalue weighted by molar-refractivity contribution is 5.79. The van der Waals surface area contributed by atoms with Crippen LogP contribution in [-0.4, -0.2) is 32.2 Å². The number of nitrogens with zero attached hydrogens (tertiary/aromatic N) is 1. The van der Waals surface area contributed by atoms with E-state index in [2.05, 4.69) is 28.6 Å². The molecular formula is C17H27N3O. The molecule has 0 aliphatic heterocycles. The van der Waals surface area contributed by atoms with Gasteiger partial charge in [0, 0.05) is 13.1 Å². The SMILES string of the molecule is CN=C(NCCOc1ccccc1C)NC1CCCCC1. The van der Waals surface area contributed by atoms with E-state index < -0.39 is 0 Å². The monoisotopic (exact) mass is 289 g/mol. The second-order valence-corrected chi connectivity index (χ2v) is 5.59. The first-order valence-corrected chi connectivity index (χ1v) is 7.95. The van der Waals surface area contributed by atoms with Crippen LogP contribution in [-0.2, 0) is 0 Å². The molecule has 116 valence electrons. The molecule has 2 rings (SSSR count). The molecule has 0 unspecified atom stereocenters. The van der Waals surface area contributed by atoms with Crippen LogP contribution < -0.4 is 15.4 Å². The smallest absolute Gasteiger partial charge is 0.191 e. The molecule has 0 atom stereocenters. The maximum atomic E-state index is 5.78. The van der Waals surface area contributed by atoms with Gasteiger partial charge in [-0.1, -0.05) is 37.5 Å². The lowest BCUT2D eigenvalue weighted by Gasteiger charge is -2.24. The van der Waals surface area contributed by atoms with Gasteiger partial charge < -0.3 is 15.4 Å². The molecule has 4 nitrogen and oxygen atoms in total. The Balaban J connectivity index is 1.67. The highest BCUT2D eigenvalue weighted by atomic mass is 16.5. The molecule has 1 saturated carbocycles. The van der Waals surface area contributed by atoms with Gasteiger partial charge in [0.15, 0.2) is 5.96 Å². The number of guanidine groups is 1. The van der Waals surface area contributed by atoms with E-state index in [4.69, 9.17) is 4.74 Å². The Morgan fingerprint density at radius 1 is 1.24 bits per heavy atom. The molecule has 1 aliphatic rings. The van der Waals surface area contributed by atoms with Crippen molar-refractivity contribution in [2.75, 3.05) is 20.2 Å². The van der Waals surface area contributed by atoms with E-state index in [9.17, 15) is 0 Å². The van der Waals surface area contributed by atoms with Gasteiger partial charge in [-0.15, -0.1) is 0 Å². The fourth-order valence-electron chi connectivity index (χ4n) is 2.68. The molecule has 0 aromatic heterocycles. The lowest BCUT2D eigenvalue weighted by molar-refractivity contribution is 0.319. The minimum atomic E-state index is 0.572. The summed E-state index contributed by atoms with van der Waals surface area (Å²) in [5.74, 6) is 1.84. The number of hydrogen-bond acceptors (Lipinski definition) is 2. The maximum Gasteiger partial charge on any atom is 0.191 e. The van der Waals surface area contributed by atoms with Gasteiger partial charge >= 0.3 is 0 Å². The molecule has 0 radical (unpaired) electrons. The third-order valence-electron chi connectivity index (χ3n) is 3.92. The fraction of sp³-hybridized carbons (Fsp3) is 0.588. The van der Waals surface area contributed by atoms with Crippen molar-refractivity contribution in [3.05, 3.63) is 29.8 Å². The van der Waals surface area contributed by atoms with Gasteiger partial charge in [0.25, 0.3) is 0 Å². The second-order valence-electron chi connectivity index (χ2n) is 5.59. The summed E-state index contributed by atoms with van der Waals surface area (Å²) in [7, 11) is 1.82. The topological polar surface area (TPSA) is 45.7 Å². The van der Waals surface area contributed by atoms with E-state index in [0.29, 0.717) is 12.6 Å². The third kappa shape index (κ3) is 5.29. The van der Waals surface area contributed by atoms with Crippen LogP contribution >= 0.6 is 0 Å². The Kier molecular flexibility index (Phi) is 6.38. The van der Waals surface area contributed by atoms with Gasteiger partial charge in [-0.3, -0.25) is 4.99 Å². The Hall–Kier alpha value is -1.71. The zero-order valence-electron chi connectivity index (χ0n) is 13.2. The summed E-state index contributed by atoms with van der Waals surface area (Å²) in [6.07, 6.45) is 6.52. The highest BCUT2D eigenvalue weighted by Gasteiger charge is 2.14. The first kappa shape index (κ1) is 15.7. The molecule has 21 heavy (non-hydrogen) atoms. The third-order valence-corrected chi connectivity index (χ3v) is 3.92. The Morgan fingerprint density at radius 2 is 2.00 bits per heavy atom. The summed E-state index contributed by atoms with van der Waals surface area (Å²) < 4.78 is 5.78. The molecule has 0 bridgehead atoms. The zero-order valence-corrected chi connectivity index (χ0v) is 13.2. The largest absolute Gasteiger partial charge is 0.491 e. The second kappa shape index (κ2) is 8.55. The van der Waals surface area contributed by atoms with E-state index in [0.717, 1.165) is 18.3 Å². The van der Waals surface area contributed by atoms with Crippen molar-refractivity contribution < 1.29 is 4.74 Å². The van der Waals surface area contributed by atoms with Gasteiger partial charge in [0.05, 0.1) is 6.54 Å². The van der Waals surface area contributed by atoms with E-state index in [1.54, 1.807) is 0 Å². The number of aryl methyl sites for hydroxylation is 1. The Labute approximate surface area is 128 Å². The van der Waals surface area contributed by atoms with Gasteiger partial charge in [0.1, 0.15) is 12.4 Å². The number of hydrogen-bond donors (Lipinski definition) is 2. The van der Waals surface area contributed by atoms with Crippen LogP contribution in [0.1, 0.15) is 37.7 Å². The first-order chi connectivity index (χ1) is 10.3. The number of rotatable bonds is 5. The van der Waals surface area contributed by atoms with Gasteiger partial charge in [-0.2, -0.15) is 0 Å². The van der Waals surface area contributed by atoms with Crippen molar-refractivity contribution in [2.24, 2.45) is 4.99 Å². The average molecular weight is 289 g/mol. The summed E-state index contributed by atoms with van der Waals surface area (Å²) in [5.41, 5.74) is 1.17. The average Bonchev–Trinajstić information content (AvgIpc) is 2.53. The predicted octanol–water partition coefficient (Wildman–Crippen LogP) is 2.87. The number of aliphatic imine (C=N–C) groups is 1. The minimum Gasteiger partial charge on any atom is -0.491 e. The van der Waals surface area contributed by atoms with Crippen LogP contribution in [0.3, 0.4) is 0 Å². The molecule has 1 aromatic rings. The molecule has 1 aromatic carbocycles. The summed E-state index contributed by atoms with van der Waals surface area (Å²) in [6, 6.07) is 8.66. The summed E-state index contributed by atoms with van der Waals surface area (Å²) in [6.45, 7) is 3.45. The predicted molar refractivity (Wildman–Crippen MR) is 88.0 cm³/mol. The summed E-state index contributed by atoms with van der Waals surface area (Å²) in [4.78, 5) is 4.28. The van der Waals surface area contributed by atoms with Gasteiger partial charge in [-0.25, -0.2) is 0 Å². The normalized spacial score (nSPS) is 16.6. The molecule has 4 heteroatoms. The van der Waals surface area contributed by atoms with Gasteiger partial charge in [-0.05, 0) is 31.4 Å². The van der Waals surface area contributed by atoms with Crippen LogP contribution in [0.4, 0.5) is 0 Å². The minimum absolute atomic E-state index is 0.572. The molecule has 2 N–H and O–H groups in total. The number of ether oxygens (including phenoxy) is 1. The van der Waals surface area contributed by atoms with Crippen molar-refractivity contribution >= 4 is 5.96 Å². The molecular weight excluding hydrogens is 262 g/mol. The van der Waals surface area contributed by atoms with Crippen LogP contribution in [0.2, 0.25) is 0 Å². The number of nitrogens with one attached hydrogen (secondary N) is 2. The van der Waals surface area contributed by atoms with E-state index in [1.807, 2.05) is 25.2 Å². The van der Waals surface area contributed by atoms with E-state index in [1.165, 1.54) is 37.7 Å². The van der Waals surface area contributed by atoms with E-state index in [-0.39, 0.29) is 0 Å². The zero-order chi connectivity index (χ0) is 14.9. The lowest BCUT2D eigenvalue weighted by atomic mass is 9.96. The summed E-state index contributed by atoms with van der Waals surface area (Å²) in [5, 5.41) is 6.82. The van der Waals surface area contributed by atoms with Crippen LogP contribution in [0.15, 0.2) is 29.3 Å². The molecule has 0 saturated heterocycles. The van der Waals surface area contributed by atoms with Crippen molar-refractivity contribution in [3.63, 3.8) is 0 Å². The number of benzene rings is 1. The Morgan fingerprint density at radius 3 is 2.71 bits per heavy atom. The lowest BCUT2D eigenvalue weighted by Crippen LogP contribution is -2.45. The number of para-hydroxylation sites is 1. The van der Waals surface area contributed by atoms with Crippen LogP contribution in [0, 0.1) is 6.92 Å². The Bertz CT molecular complexity index is 453.